The maximum atomic E-state index is 10.1. The van der Waals surface area contributed by atoms with E-state index in [4.69, 9.17) is 10.9 Å². The maximum Gasteiger partial charge on any atom is 0.250 e. The predicted molar refractivity (Wildman–Crippen MR) is 235 cm³/mol. The molecule has 308 valence electrons. The number of rotatable bonds is 17. The SMILES string of the molecule is CCN(CC)c1nc(NCc2ccccc2)nc(N/N=C/c2ccccc2O)n1.CCN(CC)c1nc(NN)nc(NCc2ccccc2)n1.O=Cc1ccccc1O. The van der Waals surface area contributed by atoms with Crippen LogP contribution in [0.25, 0.3) is 0 Å². The van der Waals surface area contributed by atoms with Gasteiger partial charge in [0.2, 0.25) is 35.7 Å². The molecule has 0 bridgehead atoms. The Morgan fingerprint density at radius 3 is 1.39 bits per heavy atom. The molecule has 0 saturated carbocycles. The van der Waals surface area contributed by atoms with Crippen LogP contribution in [0.5, 0.6) is 11.5 Å². The monoisotopic (exact) mass is 800 g/mol. The summed E-state index contributed by atoms with van der Waals surface area (Å²) >= 11 is 0. The lowest BCUT2D eigenvalue weighted by atomic mass is 10.2. The number of carbonyl (C=O) groups excluding carboxylic acids is 1. The fraction of sp³-hybridized carbons (Fsp3) is 0.238. The predicted octanol–water partition coefficient (Wildman–Crippen LogP) is 6.30. The third-order valence-corrected chi connectivity index (χ3v) is 8.42. The minimum Gasteiger partial charge on any atom is -0.507 e. The molecule has 59 heavy (non-hydrogen) atoms. The van der Waals surface area contributed by atoms with Gasteiger partial charge in [0.25, 0.3) is 0 Å². The minimum atomic E-state index is 0.0347. The quantitative estimate of drug-likeness (QED) is 0.0232. The van der Waals surface area contributed by atoms with Gasteiger partial charge in [0, 0.05) is 44.8 Å². The Morgan fingerprint density at radius 1 is 0.559 bits per heavy atom. The molecule has 6 aromatic rings. The highest BCUT2D eigenvalue weighted by molar-refractivity contribution is 5.83. The molecule has 0 unspecified atom stereocenters. The van der Waals surface area contributed by atoms with Crippen LogP contribution in [-0.4, -0.2) is 78.8 Å². The first-order valence-corrected chi connectivity index (χ1v) is 19.1. The van der Waals surface area contributed by atoms with Crippen LogP contribution >= 0.6 is 0 Å². The Balaban J connectivity index is 0.000000222. The summed E-state index contributed by atoms with van der Waals surface area (Å²) in [5.74, 6) is 8.44. The van der Waals surface area contributed by atoms with Gasteiger partial charge in [-0.05, 0) is 63.1 Å². The van der Waals surface area contributed by atoms with Gasteiger partial charge in [-0.2, -0.15) is 35.0 Å². The molecule has 0 aliphatic carbocycles. The summed E-state index contributed by atoms with van der Waals surface area (Å²) in [6.07, 6.45) is 2.14. The number of aldehydes is 1. The fourth-order valence-electron chi connectivity index (χ4n) is 5.20. The number of hydrogen-bond donors (Lipinski definition) is 7. The molecule has 0 saturated heterocycles. The Morgan fingerprint density at radius 2 is 0.966 bits per heavy atom. The van der Waals surface area contributed by atoms with Crippen LogP contribution in [0.1, 0.15) is 54.7 Å². The van der Waals surface area contributed by atoms with Crippen LogP contribution in [0.3, 0.4) is 0 Å². The van der Waals surface area contributed by atoms with Crippen molar-refractivity contribution >= 4 is 48.2 Å². The van der Waals surface area contributed by atoms with Gasteiger partial charge in [-0.1, -0.05) is 84.9 Å². The number of carbonyl (C=O) groups is 1. The number of hydrazine groups is 1. The molecule has 8 N–H and O–H groups in total. The number of phenolic OH excluding ortho intramolecular Hbond substituents is 2. The molecular weight excluding hydrogens is 749 g/mol. The van der Waals surface area contributed by atoms with E-state index in [0.29, 0.717) is 66.2 Å². The van der Waals surface area contributed by atoms with Crippen molar-refractivity contribution in [2.75, 3.05) is 57.5 Å². The van der Waals surface area contributed by atoms with Gasteiger partial charge in [0.15, 0.2) is 6.29 Å². The number of nitrogen functional groups attached to an aromatic ring is 1. The summed E-state index contributed by atoms with van der Waals surface area (Å²) in [5.41, 5.74) is 8.53. The lowest BCUT2D eigenvalue weighted by Gasteiger charge is -2.19. The fourth-order valence-corrected chi connectivity index (χ4v) is 5.20. The highest BCUT2D eigenvalue weighted by Gasteiger charge is 2.12. The average Bonchev–Trinajstić information content (AvgIpc) is 3.28. The topological polar surface area (TPSA) is 228 Å². The maximum absolute atomic E-state index is 10.1. The van der Waals surface area contributed by atoms with E-state index in [0.717, 1.165) is 37.3 Å². The molecule has 0 aliphatic heterocycles. The molecule has 17 heteroatoms. The van der Waals surface area contributed by atoms with Gasteiger partial charge in [-0.3, -0.25) is 10.2 Å². The van der Waals surface area contributed by atoms with E-state index in [9.17, 15) is 9.90 Å². The second-order valence-corrected chi connectivity index (χ2v) is 12.3. The number of hydrogen-bond acceptors (Lipinski definition) is 17. The van der Waals surface area contributed by atoms with Crippen molar-refractivity contribution in [2.24, 2.45) is 10.9 Å². The van der Waals surface area contributed by atoms with Crippen molar-refractivity contribution in [3.8, 4) is 11.5 Å². The molecule has 0 aliphatic rings. The number of nitrogens with zero attached hydrogens (tertiary/aromatic N) is 9. The summed E-state index contributed by atoms with van der Waals surface area (Å²) in [5, 5.41) is 29.3. The van der Waals surface area contributed by atoms with Gasteiger partial charge >= 0.3 is 0 Å². The Bertz CT molecular complexity index is 2170. The van der Waals surface area contributed by atoms with E-state index >= 15 is 0 Å². The van der Waals surface area contributed by atoms with E-state index in [2.05, 4.69) is 70.3 Å². The lowest BCUT2D eigenvalue weighted by Crippen LogP contribution is -2.26. The molecule has 6 rings (SSSR count). The van der Waals surface area contributed by atoms with Crippen LogP contribution in [0, 0.1) is 0 Å². The number of para-hydroxylation sites is 2. The number of hydrazone groups is 1. The highest BCUT2D eigenvalue weighted by atomic mass is 16.3. The first kappa shape index (κ1) is 44.3. The molecule has 17 nitrogen and oxygen atoms in total. The highest BCUT2D eigenvalue weighted by Crippen LogP contribution is 2.17. The smallest absolute Gasteiger partial charge is 0.250 e. The third-order valence-electron chi connectivity index (χ3n) is 8.42. The van der Waals surface area contributed by atoms with Crippen LogP contribution in [0.15, 0.2) is 114 Å². The Labute approximate surface area is 344 Å². The Hall–Kier alpha value is -7.40. The normalized spacial score (nSPS) is 10.3. The van der Waals surface area contributed by atoms with Gasteiger partial charge in [-0.25, -0.2) is 11.3 Å². The van der Waals surface area contributed by atoms with Crippen LogP contribution in [0.2, 0.25) is 0 Å². The van der Waals surface area contributed by atoms with Gasteiger partial charge in [0.05, 0.1) is 11.8 Å². The zero-order chi connectivity index (χ0) is 42.2. The summed E-state index contributed by atoms with van der Waals surface area (Å²) in [6, 6.07) is 33.5. The minimum absolute atomic E-state index is 0.0347. The standard InChI is InChI=1S/C21H25N7O.C14H21N7.C7H6O2/c1-3-28(4-2)21-25-19(22-14-16-10-6-5-7-11-16)24-20(26-21)27-23-15-17-12-8-9-13-18(17)29;1-3-21(4-2)14-18-12(17-13(19-14)20-15)16-10-11-8-6-5-7-9-11;8-5-6-3-1-2-4-7(6)9/h5-13,15,29H,3-4,14H2,1-2H3,(H2,22,24,25,26,27);5-9H,3-4,10,15H2,1-2H3,(H2,16,17,18,19,20);1-5,9H/b23-15+;;. The van der Waals surface area contributed by atoms with Crippen LogP contribution in [0.4, 0.5) is 35.7 Å². The number of phenols is 2. The summed E-state index contributed by atoms with van der Waals surface area (Å²) in [4.78, 5) is 40.5. The number of aromatic nitrogens is 6. The molecule has 0 radical (unpaired) electrons. The van der Waals surface area contributed by atoms with E-state index in [1.165, 1.54) is 12.3 Å². The van der Waals surface area contributed by atoms with E-state index in [1.54, 1.807) is 36.4 Å². The molecule has 2 heterocycles. The average molecular weight is 801 g/mol. The second kappa shape index (κ2) is 24.3. The molecule has 4 aromatic carbocycles. The van der Waals surface area contributed by atoms with Crippen LogP contribution in [-0.2, 0) is 13.1 Å². The number of benzene rings is 4. The van der Waals surface area contributed by atoms with Crippen molar-refractivity contribution in [1.29, 1.82) is 0 Å². The number of aromatic hydroxyl groups is 2. The van der Waals surface area contributed by atoms with Crippen molar-refractivity contribution in [3.63, 3.8) is 0 Å². The molecule has 0 spiro atoms. The molecule has 0 amide bonds. The molecule has 0 atom stereocenters. The molecule has 2 aromatic heterocycles. The third kappa shape index (κ3) is 14.6. The number of anilines is 6. The van der Waals surface area contributed by atoms with Gasteiger partial charge in [0.1, 0.15) is 11.5 Å². The molecule has 0 fully saturated rings. The molecular formula is C42H52N14O3. The summed E-state index contributed by atoms with van der Waals surface area (Å²) in [7, 11) is 0. The van der Waals surface area contributed by atoms with Crippen molar-refractivity contribution in [3.05, 3.63) is 131 Å². The number of nitrogens with one attached hydrogen (secondary N) is 4. The summed E-state index contributed by atoms with van der Waals surface area (Å²) in [6.45, 7) is 12.7. The first-order chi connectivity index (χ1) is 28.8. The lowest BCUT2D eigenvalue weighted by molar-refractivity contribution is 0.112. The van der Waals surface area contributed by atoms with Gasteiger partial charge in [-0.15, -0.1) is 0 Å². The van der Waals surface area contributed by atoms with Crippen LogP contribution < -0.4 is 37.1 Å². The van der Waals surface area contributed by atoms with Crippen molar-refractivity contribution in [2.45, 2.75) is 40.8 Å². The van der Waals surface area contributed by atoms with Crippen molar-refractivity contribution in [1.82, 2.24) is 29.9 Å². The van der Waals surface area contributed by atoms with E-state index < -0.39 is 0 Å². The second-order valence-electron chi connectivity index (χ2n) is 12.3. The van der Waals surface area contributed by atoms with E-state index in [-0.39, 0.29) is 11.5 Å². The summed E-state index contributed by atoms with van der Waals surface area (Å²) < 4.78 is 0. The first-order valence-electron chi connectivity index (χ1n) is 19.1. The Kier molecular flexibility index (Phi) is 18.2. The van der Waals surface area contributed by atoms with Crippen molar-refractivity contribution < 1.29 is 15.0 Å². The zero-order valence-corrected chi connectivity index (χ0v) is 33.7. The van der Waals surface area contributed by atoms with E-state index in [1.807, 2.05) is 90.4 Å². The van der Waals surface area contributed by atoms with Gasteiger partial charge < -0.3 is 30.6 Å². The largest absolute Gasteiger partial charge is 0.507 e. The number of nitrogens with two attached hydrogens (primary N) is 1. The zero-order valence-electron chi connectivity index (χ0n) is 33.7.